The highest BCUT2D eigenvalue weighted by molar-refractivity contribution is 5.78. The van der Waals surface area contributed by atoms with Crippen LogP contribution in [0.25, 0.3) is 0 Å². The highest BCUT2D eigenvalue weighted by Crippen LogP contribution is 2.17. The Morgan fingerprint density at radius 1 is 1.20 bits per heavy atom. The Balaban J connectivity index is 2.39. The Bertz CT molecular complexity index is 409. The third-order valence-corrected chi connectivity index (χ3v) is 3.59. The molecule has 1 rings (SSSR count). The summed E-state index contributed by atoms with van der Waals surface area (Å²) in [6.45, 7) is 8.13. The van der Waals surface area contributed by atoms with Gasteiger partial charge in [-0.1, -0.05) is 45.4 Å². The average Bonchev–Trinajstić information content (AvgIpc) is 2.37. The molecule has 1 aromatic rings. The zero-order chi connectivity index (χ0) is 15.1. The lowest BCUT2D eigenvalue weighted by molar-refractivity contribution is -0.427. The van der Waals surface area contributed by atoms with Crippen molar-refractivity contribution >= 4 is 5.78 Å². The Morgan fingerprint density at radius 2 is 1.80 bits per heavy atom. The number of hydrogen-bond acceptors (Lipinski definition) is 3. The van der Waals surface area contributed by atoms with Gasteiger partial charge in [-0.25, -0.2) is 0 Å². The van der Waals surface area contributed by atoms with Gasteiger partial charge in [0.15, 0.2) is 0 Å². The van der Waals surface area contributed by atoms with Crippen molar-refractivity contribution in [3.63, 3.8) is 0 Å². The molecule has 0 saturated heterocycles. The van der Waals surface area contributed by atoms with Gasteiger partial charge < -0.3 is 9.84 Å². The van der Waals surface area contributed by atoms with Gasteiger partial charge in [-0.15, -0.1) is 0 Å². The van der Waals surface area contributed by atoms with Crippen molar-refractivity contribution in [2.75, 3.05) is 6.61 Å². The van der Waals surface area contributed by atoms with E-state index in [1.54, 1.807) is 6.92 Å². The first-order valence-corrected chi connectivity index (χ1v) is 7.25. The van der Waals surface area contributed by atoms with Crippen LogP contribution in [0.3, 0.4) is 0 Å². The van der Waals surface area contributed by atoms with Crippen LogP contribution >= 0.6 is 0 Å². The Hall–Kier alpha value is -1.35. The molecule has 0 aliphatic heterocycles. The van der Waals surface area contributed by atoms with Crippen LogP contribution in [-0.4, -0.2) is 18.5 Å². The molecule has 0 aliphatic rings. The van der Waals surface area contributed by atoms with Gasteiger partial charge in [0.1, 0.15) is 11.5 Å². The van der Waals surface area contributed by atoms with E-state index in [-0.39, 0.29) is 12.4 Å². The maximum atomic E-state index is 11.9. The summed E-state index contributed by atoms with van der Waals surface area (Å²) in [5.74, 6) is 1.77. The zero-order valence-electron chi connectivity index (χ0n) is 12.9. The highest BCUT2D eigenvalue weighted by atomic mass is 16.5. The van der Waals surface area contributed by atoms with E-state index in [0.717, 1.165) is 5.56 Å². The van der Waals surface area contributed by atoms with E-state index in [1.165, 1.54) is 0 Å². The van der Waals surface area contributed by atoms with Gasteiger partial charge in [0.2, 0.25) is 0 Å². The van der Waals surface area contributed by atoms with Crippen molar-refractivity contribution in [3.05, 3.63) is 29.8 Å². The number of ether oxygens (including phenoxy) is 1. The smallest absolute Gasteiger partial charge is 0.134 e. The second kappa shape index (κ2) is 8.05. The summed E-state index contributed by atoms with van der Waals surface area (Å²) in [7, 11) is 0. The van der Waals surface area contributed by atoms with Crippen LogP contribution in [0.5, 0.6) is 5.75 Å². The van der Waals surface area contributed by atoms with Gasteiger partial charge in [-0.05, 0) is 36.5 Å². The average molecular weight is 277 g/mol. The molecule has 0 aromatic heterocycles. The van der Waals surface area contributed by atoms with Gasteiger partial charge in [0.05, 0.1) is 6.61 Å². The van der Waals surface area contributed by atoms with Crippen LogP contribution in [-0.2, 0) is 11.2 Å². The number of carbonyl (C=O) groups excluding carboxylic acids is 1. The van der Waals surface area contributed by atoms with Crippen molar-refractivity contribution in [1.29, 1.82) is 0 Å². The van der Waals surface area contributed by atoms with E-state index in [2.05, 4.69) is 20.8 Å². The molecule has 0 spiro atoms. The fourth-order valence-corrected chi connectivity index (χ4v) is 1.94. The first-order chi connectivity index (χ1) is 9.38. The largest absolute Gasteiger partial charge is 0.850 e. The molecule has 3 heteroatoms. The fraction of sp³-hybridized carbons (Fsp3) is 0.588. The van der Waals surface area contributed by atoms with E-state index in [9.17, 15) is 9.90 Å². The van der Waals surface area contributed by atoms with Crippen LogP contribution in [0.4, 0.5) is 0 Å². The quantitative estimate of drug-likeness (QED) is 0.734. The molecule has 0 bridgehead atoms. The Labute approximate surface area is 122 Å². The monoisotopic (exact) mass is 277 g/mol. The van der Waals surface area contributed by atoms with Crippen molar-refractivity contribution < 1.29 is 14.6 Å². The number of ketones is 1. The molecule has 0 fully saturated rings. The van der Waals surface area contributed by atoms with Crippen LogP contribution in [0.2, 0.25) is 0 Å². The molecule has 112 valence electrons. The summed E-state index contributed by atoms with van der Waals surface area (Å²) in [5.41, 5.74) is 0.969. The SMILES string of the molecule is CC(=O)Cc1ccc(OCC([O-])CC(C)C(C)C)cc1. The van der Waals surface area contributed by atoms with E-state index in [0.29, 0.717) is 30.4 Å². The second-order valence-electron chi connectivity index (χ2n) is 5.91. The van der Waals surface area contributed by atoms with Gasteiger partial charge >= 0.3 is 0 Å². The topological polar surface area (TPSA) is 49.4 Å². The van der Waals surface area contributed by atoms with Crippen molar-refractivity contribution in [1.82, 2.24) is 0 Å². The fourth-order valence-electron chi connectivity index (χ4n) is 1.94. The molecular formula is C17H25O3-. The third-order valence-electron chi connectivity index (χ3n) is 3.59. The van der Waals surface area contributed by atoms with Crippen LogP contribution in [0.15, 0.2) is 24.3 Å². The molecular weight excluding hydrogens is 252 g/mol. The lowest BCUT2D eigenvalue weighted by atomic mass is 9.92. The molecule has 2 atom stereocenters. The van der Waals surface area contributed by atoms with Gasteiger partial charge in [-0.3, -0.25) is 4.79 Å². The van der Waals surface area contributed by atoms with E-state index in [1.807, 2.05) is 24.3 Å². The second-order valence-corrected chi connectivity index (χ2v) is 5.91. The maximum Gasteiger partial charge on any atom is 0.134 e. The molecule has 0 N–H and O–H groups in total. The molecule has 0 radical (unpaired) electrons. The first kappa shape index (κ1) is 16.7. The molecule has 0 saturated carbocycles. The summed E-state index contributed by atoms with van der Waals surface area (Å²) in [5, 5.41) is 11.9. The highest BCUT2D eigenvalue weighted by Gasteiger charge is 2.09. The molecule has 20 heavy (non-hydrogen) atoms. The van der Waals surface area contributed by atoms with Crippen LogP contribution in [0.1, 0.15) is 39.7 Å². The molecule has 2 unspecified atom stereocenters. The number of benzene rings is 1. The number of carbonyl (C=O) groups is 1. The van der Waals surface area contributed by atoms with Crippen LogP contribution in [0, 0.1) is 11.8 Å². The molecule has 0 heterocycles. The molecule has 1 aromatic carbocycles. The van der Waals surface area contributed by atoms with Crippen molar-refractivity contribution in [2.45, 2.75) is 46.6 Å². The summed E-state index contributed by atoms with van der Waals surface area (Å²) < 4.78 is 5.51. The maximum absolute atomic E-state index is 11.9. The summed E-state index contributed by atoms with van der Waals surface area (Å²) in [6.07, 6.45) is 0.389. The minimum Gasteiger partial charge on any atom is -0.850 e. The third kappa shape index (κ3) is 6.20. The Kier molecular flexibility index (Phi) is 6.73. The van der Waals surface area contributed by atoms with E-state index >= 15 is 0 Å². The lowest BCUT2D eigenvalue weighted by Gasteiger charge is -2.27. The molecule has 0 amide bonds. The van der Waals surface area contributed by atoms with Gasteiger partial charge in [0.25, 0.3) is 0 Å². The van der Waals surface area contributed by atoms with Crippen molar-refractivity contribution in [2.24, 2.45) is 11.8 Å². The summed E-state index contributed by atoms with van der Waals surface area (Å²) >= 11 is 0. The summed E-state index contributed by atoms with van der Waals surface area (Å²) in [4.78, 5) is 11.0. The van der Waals surface area contributed by atoms with Crippen molar-refractivity contribution in [3.8, 4) is 5.75 Å². The number of Topliss-reactive ketones (excluding diaryl/α,β-unsaturated/α-hetero) is 1. The minimum atomic E-state index is -0.690. The molecule has 0 aliphatic carbocycles. The summed E-state index contributed by atoms with van der Waals surface area (Å²) in [6, 6.07) is 7.37. The molecule has 3 nitrogen and oxygen atoms in total. The zero-order valence-corrected chi connectivity index (χ0v) is 12.9. The normalized spacial score (nSPS) is 14.1. The lowest BCUT2D eigenvalue weighted by Crippen LogP contribution is -2.34. The van der Waals surface area contributed by atoms with E-state index < -0.39 is 6.10 Å². The Morgan fingerprint density at radius 3 is 2.30 bits per heavy atom. The predicted molar refractivity (Wildman–Crippen MR) is 78.7 cm³/mol. The van der Waals surface area contributed by atoms with Gasteiger partial charge in [0, 0.05) is 6.42 Å². The number of hydrogen-bond donors (Lipinski definition) is 0. The number of rotatable bonds is 8. The predicted octanol–water partition coefficient (Wildman–Crippen LogP) is 2.61. The standard InChI is InChI=1S/C17H25O3/c1-12(2)13(3)9-16(19)11-20-17-7-5-15(6-8-17)10-14(4)18/h5-8,12-13,16H,9-11H2,1-4H3/q-1. The van der Waals surface area contributed by atoms with Crippen LogP contribution < -0.4 is 9.84 Å². The van der Waals surface area contributed by atoms with Gasteiger partial charge in [-0.2, -0.15) is 0 Å². The minimum absolute atomic E-state index is 0.140. The first-order valence-electron chi connectivity index (χ1n) is 7.25. The van der Waals surface area contributed by atoms with E-state index in [4.69, 9.17) is 4.74 Å².